The van der Waals surface area contributed by atoms with Crippen LogP contribution < -0.4 is 10.1 Å². The lowest BCUT2D eigenvalue weighted by atomic mass is 9.91. The first-order valence-corrected chi connectivity index (χ1v) is 11.2. The van der Waals surface area contributed by atoms with Crippen LogP contribution in [0.1, 0.15) is 54.4 Å². The van der Waals surface area contributed by atoms with Gasteiger partial charge in [-0.3, -0.25) is 4.79 Å². The number of carbonyl (C=O) groups excluding carboxylic acids is 1. The minimum atomic E-state index is 0.0548. The zero-order valence-electron chi connectivity index (χ0n) is 17.5. The Morgan fingerprint density at radius 3 is 2.68 bits per heavy atom. The van der Waals surface area contributed by atoms with Crippen LogP contribution in [0, 0.1) is 0 Å². The van der Waals surface area contributed by atoms with Crippen LogP contribution in [0.15, 0.2) is 24.3 Å². The number of methoxy groups -OCH3 is 1. The number of thiophene rings is 1. The van der Waals surface area contributed by atoms with Crippen molar-refractivity contribution < 1.29 is 9.53 Å². The Hall–Kier alpha value is -1.85. The predicted octanol–water partition coefficient (Wildman–Crippen LogP) is 4.76. The van der Waals surface area contributed by atoms with Crippen molar-refractivity contribution in [3.63, 3.8) is 0 Å². The SMILES string of the molecule is CCN(CC)CCCC(C)NC(=O)c1cc2c(s1)-c1cc(OC)ccc1CC2. The summed E-state index contributed by atoms with van der Waals surface area (Å²) in [7, 11) is 1.69. The summed E-state index contributed by atoms with van der Waals surface area (Å²) in [5.41, 5.74) is 3.84. The minimum Gasteiger partial charge on any atom is -0.497 e. The number of hydrogen-bond donors (Lipinski definition) is 1. The summed E-state index contributed by atoms with van der Waals surface area (Å²) in [6, 6.07) is 8.54. The topological polar surface area (TPSA) is 41.6 Å². The third-order valence-corrected chi connectivity index (χ3v) is 6.85. The Morgan fingerprint density at radius 1 is 1.21 bits per heavy atom. The van der Waals surface area contributed by atoms with Gasteiger partial charge in [-0.05, 0) is 87.1 Å². The summed E-state index contributed by atoms with van der Waals surface area (Å²) < 4.78 is 5.39. The standard InChI is InChI=1S/C23H32N2O2S/c1-5-25(6-2)13-7-8-16(3)24-23(26)21-14-18-10-9-17-11-12-19(27-4)15-20(17)22(18)28-21/h11-12,14-16H,5-10,13H2,1-4H3,(H,24,26). The highest BCUT2D eigenvalue weighted by atomic mass is 32.1. The fourth-order valence-electron chi connectivity index (χ4n) is 3.86. The molecule has 1 N–H and O–H groups in total. The molecule has 3 rings (SSSR count). The maximum atomic E-state index is 12.8. The summed E-state index contributed by atoms with van der Waals surface area (Å²) >= 11 is 1.61. The van der Waals surface area contributed by atoms with Crippen molar-refractivity contribution >= 4 is 17.2 Å². The number of ether oxygens (including phenoxy) is 1. The Balaban J connectivity index is 1.64. The molecule has 0 aliphatic heterocycles. The van der Waals surface area contributed by atoms with Gasteiger partial charge in [0.25, 0.3) is 5.91 Å². The number of carbonyl (C=O) groups is 1. The number of nitrogens with zero attached hydrogens (tertiary/aromatic N) is 1. The smallest absolute Gasteiger partial charge is 0.261 e. The summed E-state index contributed by atoms with van der Waals surface area (Å²) in [6.45, 7) is 9.77. The van der Waals surface area contributed by atoms with Gasteiger partial charge in [0.1, 0.15) is 5.75 Å². The first-order chi connectivity index (χ1) is 13.5. The van der Waals surface area contributed by atoms with Crippen molar-refractivity contribution in [2.24, 2.45) is 0 Å². The molecule has 1 aromatic carbocycles. The normalized spacial score (nSPS) is 13.8. The van der Waals surface area contributed by atoms with Crippen LogP contribution in [0.3, 0.4) is 0 Å². The van der Waals surface area contributed by atoms with E-state index in [-0.39, 0.29) is 11.9 Å². The van der Waals surface area contributed by atoms with Gasteiger partial charge in [-0.2, -0.15) is 0 Å². The van der Waals surface area contributed by atoms with Gasteiger partial charge in [-0.25, -0.2) is 0 Å². The van der Waals surface area contributed by atoms with Crippen LogP contribution in [0.25, 0.3) is 10.4 Å². The highest BCUT2D eigenvalue weighted by Crippen LogP contribution is 2.41. The molecule has 1 aliphatic rings. The maximum absolute atomic E-state index is 12.8. The fraction of sp³-hybridized carbons (Fsp3) is 0.522. The molecule has 0 saturated carbocycles. The molecule has 5 heteroatoms. The molecule has 0 fully saturated rings. The Labute approximate surface area is 172 Å². The maximum Gasteiger partial charge on any atom is 0.261 e. The van der Waals surface area contributed by atoms with E-state index in [1.165, 1.54) is 21.6 Å². The molecule has 4 nitrogen and oxygen atoms in total. The lowest BCUT2D eigenvalue weighted by molar-refractivity contribution is 0.0941. The van der Waals surface area contributed by atoms with Gasteiger partial charge in [0.05, 0.1) is 12.0 Å². The van der Waals surface area contributed by atoms with Gasteiger partial charge >= 0.3 is 0 Å². The minimum absolute atomic E-state index is 0.0548. The van der Waals surface area contributed by atoms with Crippen LogP contribution in [-0.4, -0.2) is 43.6 Å². The van der Waals surface area contributed by atoms with Crippen LogP contribution in [0.2, 0.25) is 0 Å². The lowest BCUT2D eigenvalue weighted by Crippen LogP contribution is -2.33. The van der Waals surface area contributed by atoms with Crippen molar-refractivity contribution in [1.82, 2.24) is 10.2 Å². The molecule has 0 radical (unpaired) electrons. The number of amides is 1. The molecule has 1 aromatic heterocycles. The number of fused-ring (bicyclic) bond motifs is 3. The number of nitrogens with one attached hydrogen (secondary N) is 1. The van der Waals surface area contributed by atoms with Crippen molar-refractivity contribution in [1.29, 1.82) is 0 Å². The number of aryl methyl sites for hydroxylation is 2. The Bertz CT molecular complexity index is 811. The van der Waals surface area contributed by atoms with Gasteiger partial charge in [-0.1, -0.05) is 19.9 Å². The first-order valence-electron chi connectivity index (χ1n) is 10.4. The van der Waals surface area contributed by atoms with E-state index in [2.05, 4.69) is 49.2 Å². The number of rotatable bonds is 9. The highest BCUT2D eigenvalue weighted by Gasteiger charge is 2.22. The van der Waals surface area contributed by atoms with Crippen molar-refractivity contribution in [2.75, 3.05) is 26.7 Å². The van der Waals surface area contributed by atoms with E-state index in [1.807, 2.05) is 6.07 Å². The van der Waals surface area contributed by atoms with E-state index in [1.54, 1.807) is 18.4 Å². The second-order valence-electron chi connectivity index (χ2n) is 7.53. The summed E-state index contributed by atoms with van der Waals surface area (Å²) in [4.78, 5) is 17.2. The molecule has 1 heterocycles. The zero-order valence-corrected chi connectivity index (χ0v) is 18.3. The molecule has 28 heavy (non-hydrogen) atoms. The summed E-state index contributed by atoms with van der Waals surface area (Å²) in [5.74, 6) is 0.923. The van der Waals surface area contributed by atoms with E-state index in [0.29, 0.717) is 0 Å². The van der Waals surface area contributed by atoms with E-state index in [9.17, 15) is 4.79 Å². The summed E-state index contributed by atoms with van der Waals surface area (Å²) in [5, 5.41) is 3.19. The fourth-order valence-corrected chi connectivity index (χ4v) is 5.03. The third-order valence-electron chi connectivity index (χ3n) is 5.64. The highest BCUT2D eigenvalue weighted by molar-refractivity contribution is 7.17. The van der Waals surface area contributed by atoms with Crippen molar-refractivity contribution in [2.45, 2.75) is 52.5 Å². The molecular formula is C23H32N2O2S. The molecule has 1 unspecified atom stereocenters. The van der Waals surface area contributed by atoms with Crippen LogP contribution in [0.5, 0.6) is 5.75 Å². The molecule has 0 spiro atoms. The number of hydrogen-bond acceptors (Lipinski definition) is 4. The quantitative estimate of drug-likeness (QED) is 0.660. The second kappa shape index (κ2) is 9.57. The second-order valence-corrected chi connectivity index (χ2v) is 8.58. The predicted molar refractivity (Wildman–Crippen MR) is 118 cm³/mol. The molecule has 152 valence electrons. The van der Waals surface area contributed by atoms with E-state index >= 15 is 0 Å². The first kappa shape index (κ1) is 20.9. The van der Waals surface area contributed by atoms with Gasteiger partial charge in [-0.15, -0.1) is 11.3 Å². The van der Waals surface area contributed by atoms with E-state index < -0.39 is 0 Å². The van der Waals surface area contributed by atoms with Crippen LogP contribution in [0.4, 0.5) is 0 Å². The Kier molecular flexibility index (Phi) is 7.13. The monoisotopic (exact) mass is 400 g/mol. The number of benzene rings is 1. The van der Waals surface area contributed by atoms with Crippen LogP contribution >= 0.6 is 11.3 Å². The van der Waals surface area contributed by atoms with Gasteiger partial charge in [0, 0.05) is 10.9 Å². The van der Waals surface area contributed by atoms with E-state index in [4.69, 9.17) is 4.74 Å². The third kappa shape index (κ3) is 4.76. The lowest BCUT2D eigenvalue weighted by Gasteiger charge is -2.19. The molecule has 1 aliphatic carbocycles. The van der Waals surface area contributed by atoms with Gasteiger partial charge in [0.2, 0.25) is 0 Å². The largest absolute Gasteiger partial charge is 0.497 e. The molecule has 1 atom stereocenters. The summed E-state index contributed by atoms with van der Waals surface area (Å²) in [6.07, 6.45) is 4.13. The molecule has 0 saturated heterocycles. The molecule has 0 bridgehead atoms. The Morgan fingerprint density at radius 2 is 1.96 bits per heavy atom. The van der Waals surface area contributed by atoms with Crippen molar-refractivity contribution in [3.8, 4) is 16.2 Å². The average molecular weight is 401 g/mol. The molecular weight excluding hydrogens is 368 g/mol. The molecule has 2 aromatic rings. The van der Waals surface area contributed by atoms with Gasteiger partial charge < -0.3 is 15.0 Å². The van der Waals surface area contributed by atoms with Gasteiger partial charge in [0.15, 0.2) is 0 Å². The van der Waals surface area contributed by atoms with E-state index in [0.717, 1.165) is 55.9 Å². The van der Waals surface area contributed by atoms with Crippen LogP contribution in [-0.2, 0) is 12.8 Å². The average Bonchev–Trinajstić information content (AvgIpc) is 3.16. The van der Waals surface area contributed by atoms with Crippen molar-refractivity contribution in [3.05, 3.63) is 40.3 Å². The zero-order chi connectivity index (χ0) is 20.1. The molecule has 1 amide bonds.